The van der Waals surface area contributed by atoms with E-state index in [-0.39, 0.29) is 5.82 Å². The lowest BCUT2D eigenvalue weighted by atomic mass is 9.75. The van der Waals surface area contributed by atoms with Crippen LogP contribution >= 0.6 is 0 Å². The van der Waals surface area contributed by atoms with Crippen molar-refractivity contribution in [3.63, 3.8) is 0 Å². The van der Waals surface area contributed by atoms with Gasteiger partial charge in [-0.05, 0) is 28.8 Å². The van der Waals surface area contributed by atoms with Crippen LogP contribution in [0.4, 0.5) is 4.39 Å². The zero-order valence-corrected chi connectivity index (χ0v) is 15.2. The molecule has 4 nitrogen and oxygen atoms in total. The number of rotatable bonds is 5. The molecule has 1 aliphatic rings. The molecular weight excluding hydrogens is 333 g/mol. The molecule has 140 valence electrons. The van der Waals surface area contributed by atoms with Crippen LogP contribution in [-0.2, 0) is 10.2 Å². The molecule has 0 radical (unpaired) electrons. The molecule has 1 aliphatic heterocycles. The number of nitrogens with zero attached hydrogens (tertiary/aromatic N) is 1. The first-order chi connectivity index (χ1) is 12.4. The first kappa shape index (κ1) is 19.0. The Labute approximate surface area is 153 Å². The van der Waals surface area contributed by atoms with Gasteiger partial charge < -0.3 is 14.9 Å². The first-order valence-electron chi connectivity index (χ1n) is 8.94. The molecule has 0 amide bonds. The Hall–Kier alpha value is -1.79. The number of aliphatic hydroxyl groups is 2. The Morgan fingerprint density at radius 3 is 2.27 bits per heavy atom. The Bertz CT molecular complexity index is 726. The molecule has 1 fully saturated rings. The number of morpholine rings is 1. The molecular formula is C21H26FNO3. The minimum atomic E-state index is -0.984. The molecule has 1 heterocycles. The molecule has 2 aromatic rings. The van der Waals surface area contributed by atoms with E-state index in [1.807, 2.05) is 43.0 Å². The summed E-state index contributed by atoms with van der Waals surface area (Å²) >= 11 is 0. The van der Waals surface area contributed by atoms with Gasteiger partial charge in [-0.2, -0.15) is 0 Å². The van der Waals surface area contributed by atoms with Crippen molar-refractivity contribution in [2.24, 2.45) is 0 Å². The van der Waals surface area contributed by atoms with Crippen LogP contribution in [0.3, 0.4) is 0 Å². The van der Waals surface area contributed by atoms with Crippen LogP contribution in [0.1, 0.15) is 19.4 Å². The number of hydrogen-bond acceptors (Lipinski definition) is 4. The standard InChI is InChI=1S/C21H26FNO3/c1-21(2,19(24)20(25)23-11-13-26-14-12-23)18-6-4-3-5-17(18)15-7-9-16(22)10-8-15/h3-10,19-20,24-25H,11-14H2,1-2H3. The van der Waals surface area contributed by atoms with Gasteiger partial charge in [-0.25, -0.2) is 4.39 Å². The lowest BCUT2D eigenvalue weighted by molar-refractivity contribution is -0.131. The number of benzene rings is 2. The van der Waals surface area contributed by atoms with Crippen molar-refractivity contribution in [3.05, 3.63) is 59.9 Å². The third-order valence-corrected chi connectivity index (χ3v) is 5.22. The van der Waals surface area contributed by atoms with Gasteiger partial charge in [-0.3, -0.25) is 4.90 Å². The van der Waals surface area contributed by atoms with E-state index < -0.39 is 17.7 Å². The van der Waals surface area contributed by atoms with Crippen LogP contribution in [-0.4, -0.2) is 53.7 Å². The molecule has 0 bridgehead atoms. The van der Waals surface area contributed by atoms with Crippen molar-refractivity contribution in [1.82, 2.24) is 4.90 Å². The van der Waals surface area contributed by atoms with E-state index in [2.05, 4.69) is 0 Å². The van der Waals surface area contributed by atoms with Gasteiger partial charge in [-0.1, -0.05) is 50.2 Å². The molecule has 26 heavy (non-hydrogen) atoms. The van der Waals surface area contributed by atoms with Crippen molar-refractivity contribution in [3.8, 4) is 11.1 Å². The van der Waals surface area contributed by atoms with Crippen molar-refractivity contribution < 1.29 is 19.3 Å². The number of ether oxygens (including phenoxy) is 1. The van der Waals surface area contributed by atoms with Crippen molar-refractivity contribution in [1.29, 1.82) is 0 Å². The fourth-order valence-corrected chi connectivity index (χ4v) is 3.50. The van der Waals surface area contributed by atoms with E-state index in [0.717, 1.165) is 16.7 Å². The minimum absolute atomic E-state index is 0.284. The molecule has 2 unspecified atom stereocenters. The van der Waals surface area contributed by atoms with Gasteiger partial charge in [0.25, 0.3) is 0 Å². The first-order valence-corrected chi connectivity index (χ1v) is 8.94. The largest absolute Gasteiger partial charge is 0.388 e. The fraction of sp³-hybridized carbons (Fsp3) is 0.429. The average Bonchev–Trinajstić information content (AvgIpc) is 2.68. The third kappa shape index (κ3) is 3.81. The van der Waals surface area contributed by atoms with E-state index in [4.69, 9.17) is 4.74 Å². The summed E-state index contributed by atoms with van der Waals surface area (Å²) in [7, 11) is 0. The lowest BCUT2D eigenvalue weighted by Gasteiger charge is -2.41. The monoisotopic (exact) mass is 359 g/mol. The van der Waals surface area contributed by atoms with Gasteiger partial charge in [-0.15, -0.1) is 0 Å². The summed E-state index contributed by atoms with van der Waals surface area (Å²) in [4.78, 5) is 1.84. The van der Waals surface area contributed by atoms with Crippen molar-refractivity contribution in [2.45, 2.75) is 31.6 Å². The van der Waals surface area contributed by atoms with Gasteiger partial charge in [0.2, 0.25) is 0 Å². The maximum Gasteiger partial charge on any atom is 0.134 e. The highest BCUT2D eigenvalue weighted by molar-refractivity contribution is 5.69. The predicted molar refractivity (Wildman–Crippen MR) is 99.3 cm³/mol. The zero-order valence-electron chi connectivity index (χ0n) is 15.2. The van der Waals surface area contributed by atoms with Gasteiger partial charge >= 0.3 is 0 Å². The second-order valence-electron chi connectivity index (χ2n) is 7.28. The summed E-state index contributed by atoms with van der Waals surface area (Å²) in [6.45, 7) is 6.13. The van der Waals surface area contributed by atoms with Gasteiger partial charge in [0.1, 0.15) is 18.1 Å². The van der Waals surface area contributed by atoms with E-state index in [0.29, 0.717) is 26.3 Å². The van der Waals surface area contributed by atoms with Crippen LogP contribution < -0.4 is 0 Å². The predicted octanol–water partition coefficient (Wildman–Crippen LogP) is 2.78. The third-order valence-electron chi connectivity index (χ3n) is 5.22. The smallest absolute Gasteiger partial charge is 0.134 e. The SMILES string of the molecule is CC(C)(c1ccccc1-c1ccc(F)cc1)C(O)C(O)N1CCOCC1. The van der Waals surface area contributed by atoms with E-state index in [9.17, 15) is 14.6 Å². The topological polar surface area (TPSA) is 52.9 Å². The maximum atomic E-state index is 13.3. The number of halogens is 1. The molecule has 2 atom stereocenters. The molecule has 0 aromatic heterocycles. The van der Waals surface area contributed by atoms with Crippen molar-refractivity contribution in [2.75, 3.05) is 26.3 Å². The quantitative estimate of drug-likeness (QED) is 0.862. The van der Waals surface area contributed by atoms with Gasteiger partial charge in [0.15, 0.2) is 0 Å². The molecule has 0 aliphatic carbocycles. The molecule has 2 aromatic carbocycles. The second-order valence-corrected chi connectivity index (χ2v) is 7.28. The summed E-state index contributed by atoms with van der Waals surface area (Å²) in [6.07, 6.45) is -1.96. The Kier molecular flexibility index (Phi) is 5.73. The summed E-state index contributed by atoms with van der Waals surface area (Å²) in [5, 5.41) is 21.7. The second kappa shape index (κ2) is 7.84. The van der Waals surface area contributed by atoms with Crippen LogP contribution in [0.15, 0.2) is 48.5 Å². The summed E-state index contributed by atoms with van der Waals surface area (Å²) < 4.78 is 18.6. The highest BCUT2D eigenvalue weighted by Crippen LogP contribution is 2.37. The Morgan fingerprint density at radius 2 is 1.62 bits per heavy atom. The highest BCUT2D eigenvalue weighted by atomic mass is 19.1. The number of aliphatic hydroxyl groups excluding tert-OH is 2. The molecule has 0 saturated carbocycles. The molecule has 5 heteroatoms. The molecule has 2 N–H and O–H groups in total. The summed E-state index contributed by atoms with van der Waals surface area (Å²) in [5.41, 5.74) is 2.00. The van der Waals surface area contributed by atoms with Crippen LogP contribution in [0.5, 0.6) is 0 Å². The van der Waals surface area contributed by atoms with Gasteiger partial charge in [0.05, 0.1) is 13.2 Å². The van der Waals surface area contributed by atoms with Crippen LogP contribution in [0, 0.1) is 5.82 Å². The Balaban J connectivity index is 1.92. The summed E-state index contributed by atoms with van der Waals surface area (Å²) in [5.74, 6) is -0.284. The zero-order chi connectivity index (χ0) is 18.7. The number of hydrogen-bond donors (Lipinski definition) is 2. The highest BCUT2D eigenvalue weighted by Gasteiger charge is 2.39. The maximum absolute atomic E-state index is 13.3. The summed E-state index contributed by atoms with van der Waals surface area (Å²) in [6, 6.07) is 14.1. The van der Waals surface area contributed by atoms with E-state index in [1.54, 1.807) is 12.1 Å². The van der Waals surface area contributed by atoms with Crippen LogP contribution in [0.2, 0.25) is 0 Å². The fourth-order valence-electron chi connectivity index (χ4n) is 3.50. The lowest BCUT2D eigenvalue weighted by Crippen LogP contribution is -2.54. The van der Waals surface area contributed by atoms with Crippen LogP contribution in [0.25, 0.3) is 11.1 Å². The normalized spacial score (nSPS) is 18.5. The molecule has 1 saturated heterocycles. The van der Waals surface area contributed by atoms with E-state index >= 15 is 0 Å². The van der Waals surface area contributed by atoms with Gasteiger partial charge in [0, 0.05) is 18.5 Å². The molecule has 3 rings (SSSR count). The molecule has 0 spiro atoms. The minimum Gasteiger partial charge on any atom is -0.388 e. The Morgan fingerprint density at radius 1 is 1.00 bits per heavy atom. The van der Waals surface area contributed by atoms with Crippen molar-refractivity contribution >= 4 is 0 Å². The van der Waals surface area contributed by atoms with E-state index in [1.165, 1.54) is 12.1 Å². The average molecular weight is 359 g/mol.